The first-order valence-corrected chi connectivity index (χ1v) is 13.0. The third-order valence-electron chi connectivity index (χ3n) is 9.07. The molecule has 1 spiro atoms. The van der Waals surface area contributed by atoms with Gasteiger partial charge < -0.3 is 9.80 Å². The molecular formula is C26H50N4. The standard InChI is InChI=1S/C26H50N4/c1-24(2,3)29-11-7-23(8-12-29)28-13-9-26(10-14-28)19-22(20-26)21-27-15-17-30(18-16-27)25(4,5)6/h22-23H,7-21H2,1-6H3. The topological polar surface area (TPSA) is 13.0 Å². The molecule has 1 saturated carbocycles. The Morgan fingerprint density at radius 2 is 1.17 bits per heavy atom. The molecule has 0 N–H and O–H groups in total. The lowest BCUT2D eigenvalue weighted by molar-refractivity contribution is -0.0494. The molecule has 3 saturated heterocycles. The monoisotopic (exact) mass is 418 g/mol. The Kier molecular flexibility index (Phi) is 6.63. The summed E-state index contributed by atoms with van der Waals surface area (Å²) in [5, 5.41) is 0. The van der Waals surface area contributed by atoms with Crippen molar-refractivity contribution in [3.05, 3.63) is 0 Å². The number of hydrogen-bond acceptors (Lipinski definition) is 4. The maximum absolute atomic E-state index is 2.87. The molecule has 4 rings (SSSR count). The van der Waals surface area contributed by atoms with Crippen LogP contribution in [0.25, 0.3) is 0 Å². The van der Waals surface area contributed by atoms with Crippen LogP contribution in [0.4, 0.5) is 0 Å². The summed E-state index contributed by atoms with van der Waals surface area (Å²) in [5.74, 6) is 0.979. The van der Waals surface area contributed by atoms with Gasteiger partial charge in [-0.2, -0.15) is 0 Å². The Labute approximate surface area is 187 Å². The molecule has 4 fully saturated rings. The van der Waals surface area contributed by atoms with E-state index in [-0.39, 0.29) is 0 Å². The van der Waals surface area contributed by atoms with Crippen molar-refractivity contribution in [2.75, 3.05) is 58.9 Å². The van der Waals surface area contributed by atoms with Gasteiger partial charge in [0.25, 0.3) is 0 Å². The Balaban J connectivity index is 1.14. The van der Waals surface area contributed by atoms with Crippen molar-refractivity contribution in [3.8, 4) is 0 Å². The van der Waals surface area contributed by atoms with Crippen molar-refractivity contribution in [1.82, 2.24) is 19.6 Å². The van der Waals surface area contributed by atoms with Crippen molar-refractivity contribution in [3.63, 3.8) is 0 Å². The molecule has 1 aliphatic carbocycles. The lowest BCUT2D eigenvalue weighted by atomic mass is 9.57. The first kappa shape index (κ1) is 23.0. The fourth-order valence-electron chi connectivity index (χ4n) is 6.93. The molecule has 3 aliphatic heterocycles. The summed E-state index contributed by atoms with van der Waals surface area (Å²) in [5.41, 5.74) is 1.40. The van der Waals surface area contributed by atoms with E-state index in [1.54, 1.807) is 0 Å². The summed E-state index contributed by atoms with van der Waals surface area (Å²) >= 11 is 0. The molecule has 0 aromatic carbocycles. The molecule has 30 heavy (non-hydrogen) atoms. The maximum atomic E-state index is 2.87. The summed E-state index contributed by atoms with van der Waals surface area (Å²) < 4.78 is 0. The van der Waals surface area contributed by atoms with Crippen LogP contribution < -0.4 is 0 Å². The Bertz CT molecular complexity index is 535. The van der Waals surface area contributed by atoms with Crippen LogP contribution in [0.5, 0.6) is 0 Å². The van der Waals surface area contributed by atoms with Gasteiger partial charge >= 0.3 is 0 Å². The molecule has 0 unspecified atom stereocenters. The van der Waals surface area contributed by atoms with Crippen molar-refractivity contribution < 1.29 is 0 Å². The molecule has 0 radical (unpaired) electrons. The zero-order chi connectivity index (χ0) is 21.6. The SMILES string of the molecule is CC(C)(C)N1CCC(N2CCC3(CC2)CC(CN2CCN(C(C)(C)C)CC2)C3)CC1. The van der Waals surface area contributed by atoms with Crippen LogP contribution in [0.15, 0.2) is 0 Å². The predicted octanol–water partition coefficient (Wildman–Crippen LogP) is 4.16. The molecule has 0 amide bonds. The second-order valence-corrected chi connectivity index (χ2v) is 13.2. The van der Waals surface area contributed by atoms with Crippen LogP contribution in [-0.2, 0) is 0 Å². The summed E-state index contributed by atoms with van der Waals surface area (Å²) in [4.78, 5) is 11.0. The molecular weight excluding hydrogens is 368 g/mol. The predicted molar refractivity (Wildman–Crippen MR) is 128 cm³/mol. The van der Waals surface area contributed by atoms with Crippen molar-refractivity contribution in [1.29, 1.82) is 0 Å². The van der Waals surface area contributed by atoms with Crippen molar-refractivity contribution in [2.24, 2.45) is 11.3 Å². The van der Waals surface area contributed by atoms with Crippen LogP contribution >= 0.6 is 0 Å². The van der Waals surface area contributed by atoms with Crippen LogP contribution in [0.1, 0.15) is 80.1 Å². The third kappa shape index (κ3) is 5.24. The minimum Gasteiger partial charge on any atom is -0.301 e. The van der Waals surface area contributed by atoms with Crippen LogP contribution in [-0.4, -0.2) is 95.6 Å². The van der Waals surface area contributed by atoms with E-state index in [0.717, 1.165) is 17.4 Å². The summed E-state index contributed by atoms with van der Waals surface area (Å²) in [6, 6.07) is 0.857. The van der Waals surface area contributed by atoms with E-state index in [4.69, 9.17) is 0 Å². The second-order valence-electron chi connectivity index (χ2n) is 13.2. The number of hydrogen-bond donors (Lipinski definition) is 0. The average Bonchev–Trinajstić information content (AvgIpc) is 2.66. The second kappa shape index (κ2) is 8.65. The Morgan fingerprint density at radius 3 is 1.67 bits per heavy atom. The lowest BCUT2D eigenvalue weighted by Crippen LogP contribution is -2.57. The first-order chi connectivity index (χ1) is 14.0. The smallest absolute Gasteiger partial charge is 0.0126 e. The highest BCUT2D eigenvalue weighted by Crippen LogP contribution is 2.53. The first-order valence-electron chi connectivity index (χ1n) is 13.0. The minimum absolute atomic E-state index is 0.337. The van der Waals surface area contributed by atoms with Gasteiger partial charge in [0.1, 0.15) is 0 Å². The minimum atomic E-state index is 0.337. The summed E-state index contributed by atoms with van der Waals surface area (Å²) in [6.45, 7) is 26.0. The third-order valence-corrected chi connectivity index (χ3v) is 9.07. The highest BCUT2D eigenvalue weighted by Gasteiger charge is 2.47. The van der Waals surface area contributed by atoms with Crippen LogP contribution in [0.2, 0.25) is 0 Å². The maximum Gasteiger partial charge on any atom is 0.0126 e. The van der Waals surface area contributed by atoms with Crippen LogP contribution in [0, 0.1) is 11.3 Å². The van der Waals surface area contributed by atoms with Gasteiger partial charge in [-0.3, -0.25) is 9.80 Å². The molecule has 0 bridgehead atoms. The van der Waals surface area contributed by atoms with E-state index in [2.05, 4.69) is 61.1 Å². The molecule has 4 heteroatoms. The zero-order valence-corrected chi connectivity index (χ0v) is 21.1. The number of likely N-dealkylation sites (tertiary alicyclic amines) is 2. The number of rotatable bonds is 3. The van der Waals surface area contributed by atoms with E-state index in [1.165, 1.54) is 97.4 Å². The lowest BCUT2D eigenvalue weighted by Gasteiger charge is -2.55. The Hall–Kier alpha value is -0.160. The molecule has 3 heterocycles. The van der Waals surface area contributed by atoms with Gasteiger partial charge in [0, 0.05) is 62.9 Å². The molecule has 4 aliphatic rings. The van der Waals surface area contributed by atoms with Gasteiger partial charge in [-0.05, 0) is 104 Å². The van der Waals surface area contributed by atoms with E-state index in [9.17, 15) is 0 Å². The van der Waals surface area contributed by atoms with Crippen molar-refractivity contribution >= 4 is 0 Å². The summed E-state index contributed by atoms with van der Waals surface area (Å²) in [7, 11) is 0. The van der Waals surface area contributed by atoms with Gasteiger partial charge in [-0.25, -0.2) is 0 Å². The highest BCUT2D eigenvalue weighted by molar-refractivity contribution is 4.99. The number of nitrogens with zero attached hydrogens (tertiary/aromatic N) is 4. The van der Waals surface area contributed by atoms with Gasteiger partial charge in [0.2, 0.25) is 0 Å². The molecule has 0 atom stereocenters. The Morgan fingerprint density at radius 1 is 0.667 bits per heavy atom. The van der Waals surface area contributed by atoms with E-state index in [0.29, 0.717) is 11.1 Å². The van der Waals surface area contributed by atoms with Gasteiger partial charge in [0.15, 0.2) is 0 Å². The highest BCUT2D eigenvalue weighted by atomic mass is 15.3. The van der Waals surface area contributed by atoms with E-state index in [1.807, 2.05) is 0 Å². The molecule has 4 nitrogen and oxygen atoms in total. The molecule has 0 aromatic rings. The van der Waals surface area contributed by atoms with E-state index >= 15 is 0 Å². The summed E-state index contributed by atoms with van der Waals surface area (Å²) in [6.07, 6.45) is 8.74. The molecule has 0 aromatic heterocycles. The fourth-order valence-corrected chi connectivity index (χ4v) is 6.93. The normalized spacial score (nSPS) is 29.4. The fraction of sp³-hybridized carbons (Fsp3) is 1.00. The number of piperidine rings is 2. The van der Waals surface area contributed by atoms with Crippen molar-refractivity contribution in [2.45, 2.75) is 97.2 Å². The quantitative estimate of drug-likeness (QED) is 0.682. The number of piperazine rings is 1. The average molecular weight is 419 g/mol. The van der Waals surface area contributed by atoms with Gasteiger partial charge in [-0.15, -0.1) is 0 Å². The van der Waals surface area contributed by atoms with E-state index < -0.39 is 0 Å². The van der Waals surface area contributed by atoms with Gasteiger partial charge in [-0.1, -0.05) is 0 Å². The zero-order valence-electron chi connectivity index (χ0n) is 21.1. The van der Waals surface area contributed by atoms with Crippen LogP contribution in [0.3, 0.4) is 0 Å². The molecule has 174 valence electrons. The van der Waals surface area contributed by atoms with Gasteiger partial charge in [0.05, 0.1) is 0 Å². The largest absolute Gasteiger partial charge is 0.301 e.